The molecule has 0 aromatic heterocycles. The minimum Gasteiger partial charge on any atom is -0.413 e. The Bertz CT molecular complexity index is 475. The summed E-state index contributed by atoms with van der Waals surface area (Å²) in [6, 6.07) is 0. The standard InChI is InChI=1S/C19H34O3Si/c1-18(2,3)23(4,5)22-17-9-6-8-15-14-16(21)10-12-19(15,17)11-7-13-20/h14,17,20H,6-13H2,1-5H3/t17-,19-/m0/s1. The summed E-state index contributed by atoms with van der Waals surface area (Å²) in [5.41, 5.74) is 1.29. The molecule has 0 unspecified atom stereocenters. The Balaban J connectivity index is 2.33. The van der Waals surface area contributed by atoms with Crippen molar-refractivity contribution in [1.29, 1.82) is 0 Å². The predicted molar refractivity (Wildman–Crippen MR) is 97.0 cm³/mol. The van der Waals surface area contributed by atoms with Gasteiger partial charge in [-0.2, -0.15) is 0 Å². The van der Waals surface area contributed by atoms with Crippen LogP contribution < -0.4 is 0 Å². The van der Waals surface area contributed by atoms with Crippen molar-refractivity contribution in [2.75, 3.05) is 6.61 Å². The second kappa shape index (κ2) is 6.81. The third-order valence-corrected chi connectivity index (χ3v) is 10.8. The van der Waals surface area contributed by atoms with Crippen LogP contribution in [0, 0.1) is 5.41 Å². The molecule has 132 valence electrons. The molecule has 0 amide bonds. The number of hydrogen-bond donors (Lipinski definition) is 1. The number of aliphatic hydroxyl groups is 1. The number of carbonyl (C=O) groups is 1. The monoisotopic (exact) mass is 338 g/mol. The highest BCUT2D eigenvalue weighted by atomic mass is 28.4. The molecule has 4 heteroatoms. The molecule has 0 aliphatic heterocycles. The van der Waals surface area contributed by atoms with Crippen molar-refractivity contribution < 1.29 is 14.3 Å². The molecule has 0 bridgehead atoms. The van der Waals surface area contributed by atoms with Gasteiger partial charge in [-0.15, -0.1) is 0 Å². The van der Waals surface area contributed by atoms with Crippen LogP contribution in [0.5, 0.6) is 0 Å². The van der Waals surface area contributed by atoms with Crippen molar-refractivity contribution in [2.24, 2.45) is 5.41 Å². The number of ketones is 1. The van der Waals surface area contributed by atoms with Crippen LogP contribution in [0.3, 0.4) is 0 Å². The molecule has 2 aliphatic rings. The van der Waals surface area contributed by atoms with Crippen LogP contribution in [0.4, 0.5) is 0 Å². The second-order valence-corrected chi connectivity index (χ2v) is 13.6. The zero-order chi connectivity index (χ0) is 17.3. The van der Waals surface area contributed by atoms with Gasteiger partial charge in [0.15, 0.2) is 14.1 Å². The first kappa shape index (κ1) is 18.9. The van der Waals surface area contributed by atoms with E-state index in [1.807, 2.05) is 6.08 Å². The molecule has 0 aromatic carbocycles. The molecule has 2 aliphatic carbocycles. The van der Waals surface area contributed by atoms with E-state index in [0.29, 0.717) is 6.42 Å². The zero-order valence-corrected chi connectivity index (χ0v) is 16.6. The Labute approximate surface area is 142 Å². The molecule has 1 saturated carbocycles. The van der Waals surface area contributed by atoms with E-state index < -0.39 is 8.32 Å². The van der Waals surface area contributed by atoms with Gasteiger partial charge in [-0.1, -0.05) is 26.3 Å². The summed E-state index contributed by atoms with van der Waals surface area (Å²) in [4.78, 5) is 11.9. The summed E-state index contributed by atoms with van der Waals surface area (Å²) in [5, 5.41) is 9.56. The van der Waals surface area contributed by atoms with Gasteiger partial charge in [-0.25, -0.2) is 0 Å². The predicted octanol–water partition coefficient (Wildman–Crippen LogP) is 4.61. The molecule has 0 saturated heterocycles. The first-order valence-corrected chi connectivity index (χ1v) is 12.1. The normalized spacial score (nSPS) is 29.2. The largest absolute Gasteiger partial charge is 0.413 e. The lowest BCUT2D eigenvalue weighted by Crippen LogP contribution is -2.52. The molecule has 2 rings (SSSR count). The summed E-state index contributed by atoms with van der Waals surface area (Å²) >= 11 is 0. The van der Waals surface area contributed by atoms with Crippen molar-refractivity contribution >= 4 is 14.1 Å². The third kappa shape index (κ3) is 3.80. The van der Waals surface area contributed by atoms with Gasteiger partial charge in [0.05, 0.1) is 6.10 Å². The molecule has 3 nitrogen and oxygen atoms in total. The van der Waals surface area contributed by atoms with Crippen molar-refractivity contribution in [3.63, 3.8) is 0 Å². The topological polar surface area (TPSA) is 46.5 Å². The summed E-state index contributed by atoms with van der Waals surface area (Å²) < 4.78 is 6.85. The van der Waals surface area contributed by atoms with E-state index in [1.165, 1.54) is 5.57 Å². The van der Waals surface area contributed by atoms with Crippen LogP contribution in [0.2, 0.25) is 18.1 Å². The SMILES string of the molecule is CC(C)(C)[Si](C)(C)O[C@H]1CCCC2=CC(=O)CC[C@@]21CCCO. The second-order valence-electron chi connectivity index (χ2n) is 8.88. The van der Waals surface area contributed by atoms with Gasteiger partial charge in [0.1, 0.15) is 0 Å². The van der Waals surface area contributed by atoms with E-state index in [4.69, 9.17) is 4.43 Å². The maximum Gasteiger partial charge on any atom is 0.192 e. The van der Waals surface area contributed by atoms with Crippen molar-refractivity contribution in [3.05, 3.63) is 11.6 Å². The molecule has 1 fully saturated rings. The highest BCUT2D eigenvalue weighted by Gasteiger charge is 2.50. The van der Waals surface area contributed by atoms with Crippen LogP contribution >= 0.6 is 0 Å². The van der Waals surface area contributed by atoms with Gasteiger partial charge in [-0.05, 0) is 62.7 Å². The third-order valence-electron chi connectivity index (χ3n) is 6.35. The van der Waals surface area contributed by atoms with E-state index in [9.17, 15) is 9.90 Å². The summed E-state index contributed by atoms with van der Waals surface area (Å²) in [5.74, 6) is 0.271. The molecule has 23 heavy (non-hydrogen) atoms. The fourth-order valence-electron chi connectivity index (χ4n) is 3.91. The Morgan fingerprint density at radius 2 is 2.04 bits per heavy atom. The van der Waals surface area contributed by atoms with Crippen LogP contribution in [0.1, 0.15) is 65.7 Å². The first-order chi connectivity index (χ1) is 10.6. The van der Waals surface area contributed by atoms with E-state index in [2.05, 4.69) is 33.9 Å². The van der Waals surface area contributed by atoms with E-state index >= 15 is 0 Å². The van der Waals surface area contributed by atoms with Gasteiger partial charge >= 0.3 is 0 Å². The van der Waals surface area contributed by atoms with E-state index in [-0.39, 0.29) is 28.9 Å². The lowest BCUT2D eigenvalue weighted by molar-refractivity contribution is -0.116. The molecular formula is C19H34O3Si. The molecule has 0 radical (unpaired) electrons. The van der Waals surface area contributed by atoms with Crippen molar-refractivity contribution in [3.8, 4) is 0 Å². The quantitative estimate of drug-likeness (QED) is 0.745. The molecule has 0 spiro atoms. The minimum absolute atomic E-state index is 0.00951. The van der Waals surface area contributed by atoms with Crippen LogP contribution in [0.25, 0.3) is 0 Å². The fourth-order valence-corrected chi connectivity index (χ4v) is 5.31. The van der Waals surface area contributed by atoms with Gasteiger partial charge < -0.3 is 9.53 Å². The highest BCUT2D eigenvalue weighted by Crippen LogP contribution is 2.53. The number of fused-ring (bicyclic) bond motifs is 1. The Morgan fingerprint density at radius 3 is 2.65 bits per heavy atom. The van der Waals surface area contributed by atoms with Gasteiger partial charge in [0.2, 0.25) is 0 Å². The number of allylic oxidation sites excluding steroid dienone is 1. The molecule has 2 atom stereocenters. The average molecular weight is 339 g/mol. The van der Waals surface area contributed by atoms with Crippen LogP contribution in [-0.4, -0.2) is 31.9 Å². The molecule has 0 aromatic rings. The number of aliphatic hydroxyl groups excluding tert-OH is 1. The molecule has 1 N–H and O–H groups in total. The first-order valence-electron chi connectivity index (χ1n) is 9.15. The summed E-state index contributed by atoms with van der Waals surface area (Å²) in [6.45, 7) is 11.7. The maximum absolute atomic E-state index is 11.9. The van der Waals surface area contributed by atoms with Crippen molar-refractivity contribution in [2.45, 2.75) is 90.0 Å². The average Bonchev–Trinajstić information content (AvgIpc) is 2.44. The fraction of sp³-hybridized carbons (Fsp3) is 0.842. The number of rotatable bonds is 5. The van der Waals surface area contributed by atoms with Gasteiger partial charge in [0.25, 0.3) is 0 Å². The van der Waals surface area contributed by atoms with Crippen LogP contribution in [-0.2, 0) is 9.22 Å². The number of hydrogen-bond acceptors (Lipinski definition) is 3. The Morgan fingerprint density at radius 1 is 1.35 bits per heavy atom. The Hall–Kier alpha value is -0.453. The summed E-state index contributed by atoms with van der Waals surface area (Å²) in [7, 11) is -1.85. The lowest BCUT2D eigenvalue weighted by atomic mass is 9.61. The highest BCUT2D eigenvalue weighted by molar-refractivity contribution is 6.74. The van der Waals surface area contributed by atoms with Gasteiger partial charge in [0, 0.05) is 18.4 Å². The molecule has 0 heterocycles. The molecular weight excluding hydrogens is 304 g/mol. The zero-order valence-electron chi connectivity index (χ0n) is 15.6. The Kier molecular flexibility index (Phi) is 5.59. The van der Waals surface area contributed by atoms with Crippen LogP contribution in [0.15, 0.2) is 11.6 Å². The van der Waals surface area contributed by atoms with Gasteiger partial charge in [-0.3, -0.25) is 4.79 Å². The maximum atomic E-state index is 11.9. The van der Waals surface area contributed by atoms with E-state index in [0.717, 1.165) is 38.5 Å². The summed E-state index contributed by atoms with van der Waals surface area (Å²) in [6.07, 6.45) is 8.61. The minimum atomic E-state index is -1.85. The number of carbonyl (C=O) groups excluding carboxylic acids is 1. The van der Waals surface area contributed by atoms with E-state index in [1.54, 1.807) is 0 Å². The lowest BCUT2D eigenvalue weighted by Gasteiger charge is -2.52. The van der Waals surface area contributed by atoms with Crippen molar-refractivity contribution in [1.82, 2.24) is 0 Å². The smallest absolute Gasteiger partial charge is 0.192 e.